The minimum absolute atomic E-state index is 0.446. The van der Waals surface area contributed by atoms with Crippen LogP contribution in [-0.4, -0.2) is 16.6 Å². The maximum absolute atomic E-state index is 4.89. The molecule has 0 heterocycles. The first-order valence-corrected chi connectivity index (χ1v) is 4.53. The van der Waals surface area contributed by atoms with Gasteiger partial charge in [0.2, 0.25) is 0 Å². The SMILES string of the molecule is CC(C)O[SiH3].CCCC. The summed E-state index contributed by atoms with van der Waals surface area (Å²) in [5, 5.41) is 0. The van der Waals surface area contributed by atoms with Crippen LogP contribution in [0.25, 0.3) is 0 Å². The molecule has 0 N–H and O–H groups in total. The standard InChI is InChI=1S/C4H10.C3H10OSi/c1-3-4-2;1-3(2)4-5/h3-4H2,1-2H3;3H,1-2,5H3. The Bertz CT molecular complexity index is 35.9. The zero-order valence-electron chi connectivity index (χ0n) is 7.40. The molecule has 0 fully saturated rings. The summed E-state index contributed by atoms with van der Waals surface area (Å²) in [6.45, 7) is 8.43. The van der Waals surface area contributed by atoms with Crippen molar-refractivity contribution in [2.24, 2.45) is 0 Å². The van der Waals surface area contributed by atoms with Gasteiger partial charge in [-0.15, -0.1) is 0 Å². The maximum atomic E-state index is 4.89. The largest absolute Gasteiger partial charge is 0.426 e. The Morgan fingerprint density at radius 2 is 1.44 bits per heavy atom. The highest BCUT2D eigenvalue weighted by molar-refractivity contribution is 5.98. The van der Waals surface area contributed by atoms with Crippen LogP contribution in [0.3, 0.4) is 0 Å². The van der Waals surface area contributed by atoms with E-state index in [1.807, 2.05) is 13.8 Å². The summed E-state index contributed by atoms with van der Waals surface area (Å²) in [5.74, 6) is 0. The van der Waals surface area contributed by atoms with Crippen molar-refractivity contribution in [1.82, 2.24) is 0 Å². The monoisotopic (exact) mass is 148 g/mol. The Kier molecular flexibility index (Phi) is 14.6. The van der Waals surface area contributed by atoms with Crippen molar-refractivity contribution >= 4 is 10.5 Å². The number of hydrogen-bond acceptors (Lipinski definition) is 1. The van der Waals surface area contributed by atoms with Crippen LogP contribution in [0.4, 0.5) is 0 Å². The van der Waals surface area contributed by atoms with E-state index in [1.54, 1.807) is 0 Å². The Morgan fingerprint density at radius 1 is 1.22 bits per heavy atom. The second-order valence-corrected chi connectivity index (χ2v) is 2.76. The van der Waals surface area contributed by atoms with Gasteiger partial charge in [-0.05, 0) is 13.8 Å². The first-order chi connectivity index (χ1) is 4.18. The van der Waals surface area contributed by atoms with Gasteiger partial charge < -0.3 is 4.43 Å². The topological polar surface area (TPSA) is 9.23 Å². The number of hydrogen-bond donors (Lipinski definition) is 0. The van der Waals surface area contributed by atoms with Gasteiger partial charge in [-0.3, -0.25) is 0 Å². The predicted molar refractivity (Wildman–Crippen MR) is 46.7 cm³/mol. The highest BCUT2D eigenvalue weighted by atomic mass is 28.2. The lowest BCUT2D eigenvalue weighted by atomic mass is 10.4. The van der Waals surface area contributed by atoms with Crippen molar-refractivity contribution in [3.05, 3.63) is 0 Å². The summed E-state index contributed by atoms with van der Waals surface area (Å²) < 4.78 is 4.89. The number of unbranched alkanes of at least 4 members (excludes halogenated alkanes) is 1. The molecular formula is C7H20OSi. The van der Waals surface area contributed by atoms with Crippen molar-refractivity contribution in [3.63, 3.8) is 0 Å². The van der Waals surface area contributed by atoms with Crippen LogP contribution in [0.2, 0.25) is 0 Å². The van der Waals surface area contributed by atoms with Crippen LogP contribution in [0, 0.1) is 0 Å². The molecule has 1 nitrogen and oxygen atoms in total. The fraction of sp³-hybridized carbons (Fsp3) is 1.00. The molecular weight excluding hydrogens is 128 g/mol. The van der Waals surface area contributed by atoms with E-state index in [-0.39, 0.29) is 0 Å². The summed E-state index contributed by atoms with van der Waals surface area (Å²) in [6.07, 6.45) is 3.08. The van der Waals surface area contributed by atoms with E-state index in [0.29, 0.717) is 6.10 Å². The Labute approximate surface area is 62.3 Å². The third-order valence-corrected chi connectivity index (χ3v) is 1.91. The molecule has 0 saturated carbocycles. The summed E-state index contributed by atoms with van der Waals surface area (Å²) in [7, 11) is 0.873. The summed E-state index contributed by atoms with van der Waals surface area (Å²) in [5.41, 5.74) is 0. The first kappa shape index (κ1) is 11.9. The second kappa shape index (κ2) is 11.0. The molecule has 58 valence electrons. The van der Waals surface area contributed by atoms with Crippen LogP contribution in [0.15, 0.2) is 0 Å². The van der Waals surface area contributed by atoms with Crippen LogP contribution in [-0.2, 0) is 4.43 Å². The third kappa shape index (κ3) is 30.9. The first-order valence-electron chi connectivity index (χ1n) is 3.71. The van der Waals surface area contributed by atoms with E-state index < -0.39 is 0 Å². The lowest BCUT2D eigenvalue weighted by Gasteiger charge is -1.95. The quantitative estimate of drug-likeness (QED) is 0.539. The number of rotatable bonds is 2. The summed E-state index contributed by atoms with van der Waals surface area (Å²) in [4.78, 5) is 0. The van der Waals surface area contributed by atoms with Crippen molar-refractivity contribution in [2.45, 2.75) is 46.6 Å². The summed E-state index contributed by atoms with van der Waals surface area (Å²) >= 11 is 0. The minimum Gasteiger partial charge on any atom is -0.426 e. The molecule has 0 unspecified atom stereocenters. The molecule has 0 atom stereocenters. The van der Waals surface area contributed by atoms with Crippen LogP contribution in [0.1, 0.15) is 40.5 Å². The van der Waals surface area contributed by atoms with Gasteiger partial charge in [0.25, 0.3) is 0 Å². The van der Waals surface area contributed by atoms with E-state index in [0.717, 1.165) is 10.5 Å². The van der Waals surface area contributed by atoms with Crippen molar-refractivity contribution < 1.29 is 4.43 Å². The predicted octanol–water partition coefficient (Wildman–Crippen LogP) is 1.50. The van der Waals surface area contributed by atoms with Crippen LogP contribution in [0.5, 0.6) is 0 Å². The molecule has 0 spiro atoms. The van der Waals surface area contributed by atoms with Gasteiger partial charge >= 0.3 is 0 Å². The third-order valence-electron chi connectivity index (χ3n) is 0.971. The fourth-order valence-electron chi connectivity index (χ4n) is 0. The van der Waals surface area contributed by atoms with Crippen molar-refractivity contribution in [2.75, 3.05) is 0 Å². The smallest absolute Gasteiger partial charge is 0.146 e. The van der Waals surface area contributed by atoms with Gasteiger partial charge in [-0.2, -0.15) is 0 Å². The second-order valence-electron chi connectivity index (χ2n) is 2.28. The van der Waals surface area contributed by atoms with Gasteiger partial charge in [0.15, 0.2) is 0 Å². The fourth-order valence-corrected chi connectivity index (χ4v) is 0. The molecule has 0 bridgehead atoms. The van der Waals surface area contributed by atoms with Gasteiger partial charge in [-0.1, -0.05) is 26.7 Å². The van der Waals surface area contributed by atoms with Gasteiger partial charge in [0.05, 0.1) is 0 Å². The maximum Gasteiger partial charge on any atom is 0.146 e. The lowest BCUT2D eigenvalue weighted by Crippen LogP contribution is -1.95. The molecule has 0 aromatic heterocycles. The molecule has 9 heavy (non-hydrogen) atoms. The zero-order valence-corrected chi connectivity index (χ0v) is 9.40. The Balaban J connectivity index is 0. The zero-order chi connectivity index (χ0) is 7.70. The van der Waals surface area contributed by atoms with E-state index in [1.165, 1.54) is 12.8 Å². The van der Waals surface area contributed by atoms with Crippen LogP contribution >= 0.6 is 0 Å². The molecule has 0 saturated heterocycles. The average Bonchev–Trinajstić information content (AvgIpc) is 1.89. The average molecular weight is 148 g/mol. The molecule has 0 amide bonds. The van der Waals surface area contributed by atoms with E-state index in [9.17, 15) is 0 Å². The Hall–Kier alpha value is 0.177. The molecule has 0 aromatic carbocycles. The molecule has 0 aliphatic carbocycles. The molecule has 0 aliphatic heterocycles. The minimum atomic E-state index is 0.446. The van der Waals surface area contributed by atoms with Gasteiger partial charge in [-0.25, -0.2) is 0 Å². The Morgan fingerprint density at radius 3 is 1.44 bits per heavy atom. The molecule has 0 aromatic rings. The van der Waals surface area contributed by atoms with E-state index in [4.69, 9.17) is 4.43 Å². The van der Waals surface area contributed by atoms with Crippen molar-refractivity contribution in [1.29, 1.82) is 0 Å². The van der Waals surface area contributed by atoms with Crippen LogP contribution < -0.4 is 0 Å². The summed E-state index contributed by atoms with van der Waals surface area (Å²) in [6, 6.07) is 0. The van der Waals surface area contributed by atoms with E-state index >= 15 is 0 Å². The van der Waals surface area contributed by atoms with Crippen molar-refractivity contribution in [3.8, 4) is 0 Å². The molecule has 0 radical (unpaired) electrons. The highest BCUT2D eigenvalue weighted by Crippen LogP contribution is 1.77. The highest BCUT2D eigenvalue weighted by Gasteiger charge is 1.77. The molecule has 0 aliphatic rings. The molecule has 2 heteroatoms. The normalized spacial score (nSPS) is 9.00. The lowest BCUT2D eigenvalue weighted by molar-refractivity contribution is 0.267. The molecule has 0 rings (SSSR count). The van der Waals surface area contributed by atoms with Gasteiger partial charge in [0, 0.05) is 6.10 Å². The van der Waals surface area contributed by atoms with E-state index in [2.05, 4.69) is 13.8 Å². The van der Waals surface area contributed by atoms with Gasteiger partial charge in [0.1, 0.15) is 10.5 Å².